The largest absolute Gasteiger partial charge is 0.395 e. The first kappa shape index (κ1) is 15.1. The zero-order chi connectivity index (χ0) is 13.7. The monoisotopic (exact) mass is 316 g/mol. The van der Waals surface area contributed by atoms with Gasteiger partial charge in [0.2, 0.25) is 0 Å². The number of hydrogen-bond donors (Lipinski definition) is 2. The summed E-state index contributed by atoms with van der Waals surface area (Å²) in [5.74, 6) is 0.268. The Morgan fingerprint density at radius 3 is 2.67 bits per heavy atom. The van der Waals surface area contributed by atoms with Crippen molar-refractivity contribution in [1.82, 2.24) is 5.32 Å². The van der Waals surface area contributed by atoms with Gasteiger partial charge in [0.05, 0.1) is 11.5 Å². The molecule has 0 unspecified atom stereocenters. The second-order valence-corrected chi connectivity index (χ2v) is 5.36. The molecule has 0 amide bonds. The summed E-state index contributed by atoms with van der Waals surface area (Å²) in [6.45, 7) is 4.36. The van der Waals surface area contributed by atoms with Crippen LogP contribution in [-0.4, -0.2) is 22.7 Å². The number of rotatable bonds is 6. The molecule has 0 aromatic heterocycles. The molecule has 0 spiro atoms. The van der Waals surface area contributed by atoms with Gasteiger partial charge in [-0.2, -0.15) is 0 Å². The Morgan fingerprint density at radius 2 is 2.17 bits per heavy atom. The zero-order valence-corrected chi connectivity index (χ0v) is 12.0. The smallest absolute Gasteiger partial charge is 0.275 e. The summed E-state index contributed by atoms with van der Waals surface area (Å²) in [7, 11) is 0. The van der Waals surface area contributed by atoms with E-state index in [0.717, 1.165) is 0 Å². The lowest BCUT2D eigenvalue weighted by Crippen LogP contribution is -2.36. The fraction of sp³-hybridized carbons (Fsp3) is 0.500. The highest BCUT2D eigenvalue weighted by Crippen LogP contribution is 2.23. The Bertz CT molecular complexity index is 424. The quantitative estimate of drug-likeness (QED) is 0.624. The molecule has 0 aliphatic carbocycles. The highest BCUT2D eigenvalue weighted by molar-refractivity contribution is 9.10. The number of aliphatic hydroxyl groups excluding tert-OH is 1. The lowest BCUT2D eigenvalue weighted by molar-refractivity contribution is -0.385. The molecular weight excluding hydrogens is 300 g/mol. The van der Waals surface area contributed by atoms with Crippen molar-refractivity contribution < 1.29 is 10.0 Å². The first-order valence-corrected chi connectivity index (χ1v) is 6.52. The van der Waals surface area contributed by atoms with E-state index in [1.165, 1.54) is 6.07 Å². The van der Waals surface area contributed by atoms with Gasteiger partial charge in [-0.25, -0.2) is 0 Å². The van der Waals surface area contributed by atoms with Crippen LogP contribution in [0.25, 0.3) is 0 Å². The van der Waals surface area contributed by atoms with Gasteiger partial charge in [0.1, 0.15) is 0 Å². The Morgan fingerprint density at radius 1 is 1.50 bits per heavy atom. The van der Waals surface area contributed by atoms with Crippen molar-refractivity contribution in [3.8, 4) is 0 Å². The lowest BCUT2D eigenvalue weighted by atomic mass is 10.0. The molecule has 0 aliphatic rings. The molecule has 1 aromatic carbocycles. The zero-order valence-electron chi connectivity index (χ0n) is 10.4. The molecule has 18 heavy (non-hydrogen) atoms. The van der Waals surface area contributed by atoms with Gasteiger partial charge in [-0.15, -0.1) is 0 Å². The molecular formula is C12H17BrN2O3. The van der Waals surface area contributed by atoms with Crippen molar-refractivity contribution >= 4 is 21.6 Å². The van der Waals surface area contributed by atoms with Crippen LogP contribution in [0.15, 0.2) is 22.7 Å². The van der Waals surface area contributed by atoms with Crippen molar-refractivity contribution in [3.63, 3.8) is 0 Å². The Kier molecular flexibility index (Phi) is 5.71. The highest BCUT2D eigenvalue weighted by Gasteiger charge is 2.16. The molecule has 1 aromatic rings. The predicted octanol–water partition coefficient (Wildman–Crippen LogP) is 2.46. The van der Waals surface area contributed by atoms with Crippen molar-refractivity contribution in [1.29, 1.82) is 0 Å². The van der Waals surface area contributed by atoms with E-state index in [-0.39, 0.29) is 24.3 Å². The van der Waals surface area contributed by atoms with Gasteiger partial charge in [0.25, 0.3) is 5.69 Å². The van der Waals surface area contributed by atoms with E-state index in [1.807, 2.05) is 13.8 Å². The van der Waals surface area contributed by atoms with Crippen molar-refractivity contribution in [2.75, 3.05) is 6.61 Å². The van der Waals surface area contributed by atoms with Crippen molar-refractivity contribution in [2.45, 2.75) is 26.4 Å². The summed E-state index contributed by atoms with van der Waals surface area (Å²) >= 11 is 3.22. The fourth-order valence-electron chi connectivity index (χ4n) is 1.61. The summed E-state index contributed by atoms with van der Waals surface area (Å²) in [5.41, 5.74) is 0.694. The summed E-state index contributed by atoms with van der Waals surface area (Å²) in [6, 6.07) is 4.91. The SMILES string of the molecule is CC(C)[C@@H](CO)NCc1ccc(Br)cc1[N+](=O)[O-]. The van der Waals surface area contributed by atoms with E-state index >= 15 is 0 Å². The molecule has 1 atom stereocenters. The summed E-state index contributed by atoms with van der Waals surface area (Å²) in [4.78, 5) is 10.5. The minimum atomic E-state index is -0.398. The third kappa shape index (κ3) is 4.04. The van der Waals surface area contributed by atoms with Gasteiger partial charge in [-0.1, -0.05) is 29.8 Å². The van der Waals surface area contributed by atoms with Crippen LogP contribution < -0.4 is 5.32 Å². The second-order valence-electron chi connectivity index (χ2n) is 4.44. The predicted molar refractivity (Wildman–Crippen MR) is 73.3 cm³/mol. The van der Waals surface area contributed by atoms with Crippen LogP contribution in [-0.2, 0) is 6.54 Å². The maximum absolute atomic E-state index is 10.9. The Labute approximate surface area is 114 Å². The van der Waals surface area contributed by atoms with E-state index in [1.54, 1.807) is 12.1 Å². The molecule has 0 bridgehead atoms. The maximum Gasteiger partial charge on any atom is 0.275 e. The van der Waals surface area contributed by atoms with Crippen molar-refractivity contribution in [2.24, 2.45) is 5.92 Å². The molecule has 0 heterocycles. The average Bonchev–Trinajstić information content (AvgIpc) is 2.30. The van der Waals surface area contributed by atoms with Crippen LogP contribution in [0.4, 0.5) is 5.69 Å². The Balaban J connectivity index is 2.81. The molecule has 0 saturated heterocycles. The average molecular weight is 317 g/mol. The molecule has 100 valence electrons. The lowest BCUT2D eigenvalue weighted by Gasteiger charge is -2.19. The summed E-state index contributed by atoms with van der Waals surface area (Å²) in [6.07, 6.45) is 0. The van der Waals surface area contributed by atoms with E-state index in [0.29, 0.717) is 16.6 Å². The molecule has 1 rings (SSSR count). The Hall–Kier alpha value is -0.980. The topological polar surface area (TPSA) is 75.4 Å². The third-order valence-electron chi connectivity index (χ3n) is 2.80. The normalized spacial score (nSPS) is 12.7. The van der Waals surface area contributed by atoms with Gasteiger partial charge in [-0.3, -0.25) is 10.1 Å². The number of nitro groups is 1. The molecule has 0 aliphatic heterocycles. The van der Waals surface area contributed by atoms with Crippen molar-refractivity contribution in [3.05, 3.63) is 38.3 Å². The molecule has 0 saturated carbocycles. The molecule has 6 heteroatoms. The first-order valence-electron chi connectivity index (χ1n) is 5.72. The van der Waals surface area contributed by atoms with Gasteiger partial charge < -0.3 is 10.4 Å². The van der Waals surface area contributed by atoms with Crippen LogP contribution in [0.3, 0.4) is 0 Å². The van der Waals surface area contributed by atoms with E-state index in [4.69, 9.17) is 0 Å². The van der Waals surface area contributed by atoms with Crippen LogP contribution in [0, 0.1) is 16.0 Å². The number of benzene rings is 1. The number of halogens is 1. The second kappa shape index (κ2) is 6.82. The summed E-state index contributed by atoms with van der Waals surface area (Å²) in [5, 5.41) is 23.3. The van der Waals surface area contributed by atoms with Crippen LogP contribution in [0.5, 0.6) is 0 Å². The fourth-order valence-corrected chi connectivity index (χ4v) is 1.96. The number of nitrogens with zero attached hydrogens (tertiary/aromatic N) is 1. The standard InChI is InChI=1S/C12H17BrN2O3/c1-8(2)11(7-16)14-6-9-3-4-10(13)5-12(9)15(17)18/h3-5,8,11,14,16H,6-7H2,1-2H3/t11-/m1/s1. The van der Waals surface area contributed by atoms with Crippen LogP contribution in [0.2, 0.25) is 0 Å². The van der Waals surface area contributed by atoms with E-state index < -0.39 is 4.92 Å². The number of nitro benzene ring substituents is 1. The minimum absolute atomic E-state index is 0.0159. The maximum atomic E-state index is 10.9. The number of aliphatic hydroxyl groups is 1. The first-order chi connectivity index (χ1) is 8.45. The third-order valence-corrected chi connectivity index (χ3v) is 3.29. The van der Waals surface area contributed by atoms with Gasteiger partial charge in [0, 0.05) is 28.7 Å². The number of nitrogens with one attached hydrogen (secondary N) is 1. The highest BCUT2D eigenvalue weighted by atomic mass is 79.9. The van der Waals surface area contributed by atoms with E-state index in [2.05, 4.69) is 21.2 Å². The van der Waals surface area contributed by atoms with Crippen LogP contribution in [0.1, 0.15) is 19.4 Å². The molecule has 2 N–H and O–H groups in total. The van der Waals surface area contributed by atoms with Crippen LogP contribution >= 0.6 is 15.9 Å². The van der Waals surface area contributed by atoms with Gasteiger partial charge in [-0.05, 0) is 18.1 Å². The van der Waals surface area contributed by atoms with Gasteiger partial charge >= 0.3 is 0 Å². The molecule has 0 fully saturated rings. The summed E-state index contributed by atoms with van der Waals surface area (Å²) < 4.78 is 0.681. The number of hydrogen-bond acceptors (Lipinski definition) is 4. The molecule has 0 radical (unpaired) electrons. The minimum Gasteiger partial charge on any atom is -0.395 e. The molecule has 5 nitrogen and oxygen atoms in total. The van der Waals surface area contributed by atoms with E-state index in [9.17, 15) is 15.2 Å². The van der Waals surface area contributed by atoms with Gasteiger partial charge in [0.15, 0.2) is 0 Å².